The first-order valence-corrected chi connectivity index (χ1v) is 8.53. The van der Waals surface area contributed by atoms with Gasteiger partial charge in [0.25, 0.3) is 0 Å². The molecule has 120 valence electrons. The summed E-state index contributed by atoms with van der Waals surface area (Å²) in [6.07, 6.45) is 0.807. The van der Waals surface area contributed by atoms with E-state index in [1.54, 1.807) is 0 Å². The van der Waals surface area contributed by atoms with Crippen LogP contribution in [0.4, 0.5) is 0 Å². The number of fused-ring (bicyclic) bond motifs is 1. The summed E-state index contributed by atoms with van der Waals surface area (Å²) in [4.78, 5) is 0. The Morgan fingerprint density at radius 1 is 0.708 bits per heavy atom. The zero-order valence-corrected chi connectivity index (χ0v) is 13.9. The Bertz CT molecular complexity index is 791. The van der Waals surface area contributed by atoms with Crippen molar-refractivity contribution in [2.75, 3.05) is 5.88 Å². The van der Waals surface area contributed by atoms with Gasteiger partial charge in [0.05, 0.1) is 0 Å². The summed E-state index contributed by atoms with van der Waals surface area (Å²) in [5, 5.41) is 0. The maximum Gasteiger partial charge on any atom is 0.305 e. The van der Waals surface area contributed by atoms with Crippen LogP contribution < -0.4 is 9.47 Å². The minimum atomic E-state index is -0.954. The number of halogens is 1. The average molecular weight is 337 g/mol. The number of benzene rings is 3. The lowest BCUT2D eigenvalue weighted by atomic mass is 9.97. The van der Waals surface area contributed by atoms with Crippen molar-refractivity contribution in [2.45, 2.75) is 12.2 Å². The molecule has 0 aromatic heterocycles. The van der Waals surface area contributed by atoms with E-state index in [-0.39, 0.29) is 0 Å². The lowest BCUT2D eigenvalue weighted by Gasteiger charge is -2.28. The van der Waals surface area contributed by atoms with E-state index >= 15 is 0 Å². The summed E-state index contributed by atoms with van der Waals surface area (Å²) in [6.45, 7) is 0. The molecule has 1 aliphatic heterocycles. The van der Waals surface area contributed by atoms with Crippen LogP contribution in [0.1, 0.15) is 16.7 Å². The highest BCUT2D eigenvalue weighted by Gasteiger charge is 2.45. The number of rotatable bonds is 4. The topological polar surface area (TPSA) is 18.5 Å². The SMILES string of the molecule is ClCCc1ccc2c(c1)OC(c1ccccc1)(c1ccccc1)O2. The molecule has 0 radical (unpaired) electrons. The van der Waals surface area contributed by atoms with Gasteiger partial charge < -0.3 is 9.47 Å². The first-order chi connectivity index (χ1) is 11.8. The van der Waals surface area contributed by atoms with E-state index in [4.69, 9.17) is 21.1 Å². The van der Waals surface area contributed by atoms with E-state index in [0.29, 0.717) is 5.88 Å². The van der Waals surface area contributed by atoms with E-state index in [9.17, 15) is 0 Å². The Hall–Kier alpha value is -2.45. The molecule has 1 heterocycles. The molecule has 0 bridgehead atoms. The van der Waals surface area contributed by atoms with Crippen molar-refractivity contribution >= 4 is 11.6 Å². The molecular formula is C21H17ClO2. The zero-order chi connectivity index (χ0) is 16.4. The minimum absolute atomic E-state index is 0.585. The van der Waals surface area contributed by atoms with E-state index in [2.05, 4.69) is 0 Å². The first-order valence-electron chi connectivity index (χ1n) is 8.00. The predicted octanol–water partition coefficient (Wildman–Crippen LogP) is 5.14. The fourth-order valence-corrected chi connectivity index (χ4v) is 3.25. The van der Waals surface area contributed by atoms with Gasteiger partial charge in [0, 0.05) is 17.0 Å². The lowest BCUT2D eigenvalue weighted by molar-refractivity contribution is -0.0459. The second kappa shape index (κ2) is 6.21. The van der Waals surface area contributed by atoms with Gasteiger partial charge in [-0.2, -0.15) is 0 Å². The van der Waals surface area contributed by atoms with Gasteiger partial charge in [0.15, 0.2) is 11.5 Å². The van der Waals surface area contributed by atoms with Gasteiger partial charge in [-0.1, -0.05) is 66.7 Å². The van der Waals surface area contributed by atoms with Crippen molar-refractivity contribution in [2.24, 2.45) is 0 Å². The molecule has 0 unspecified atom stereocenters. The molecule has 4 rings (SSSR count). The lowest BCUT2D eigenvalue weighted by Crippen LogP contribution is -2.36. The van der Waals surface area contributed by atoms with Crippen LogP contribution in [-0.4, -0.2) is 5.88 Å². The monoisotopic (exact) mass is 336 g/mol. The van der Waals surface area contributed by atoms with Gasteiger partial charge in [-0.15, -0.1) is 11.6 Å². The van der Waals surface area contributed by atoms with Gasteiger partial charge >= 0.3 is 5.79 Å². The van der Waals surface area contributed by atoms with Gasteiger partial charge in [-0.25, -0.2) is 0 Å². The molecule has 24 heavy (non-hydrogen) atoms. The Morgan fingerprint density at radius 3 is 1.88 bits per heavy atom. The smallest absolute Gasteiger partial charge is 0.305 e. The van der Waals surface area contributed by atoms with Crippen LogP contribution in [0.15, 0.2) is 78.9 Å². The van der Waals surface area contributed by atoms with Gasteiger partial charge in [0.2, 0.25) is 0 Å². The Morgan fingerprint density at radius 2 is 1.29 bits per heavy atom. The Kier molecular flexibility index (Phi) is 3.91. The molecule has 0 amide bonds. The van der Waals surface area contributed by atoms with Gasteiger partial charge in [-0.05, 0) is 24.1 Å². The van der Waals surface area contributed by atoms with Crippen molar-refractivity contribution < 1.29 is 9.47 Å². The molecule has 2 nitrogen and oxygen atoms in total. The molecule has 0 aliphatic carbocycles. The Labute approximate surface area is 146 Å². The fourth-order valence-electron chi connectivity index (χ4n) is 3.03. The third kappa shape index (κ3) is 2.53. The van der Waals surface area contributed by atoms with E-state index in [0.717, 1.165) is 34.6 Å². The molecule has 3 heteroatoms. The predicted molar refractivity (Wildman–Crippen MR) is 95.8 cm³/mol. The maximum atomic E-state index is 6.39. The number of hydrogen-bond donors (Lipinski definition) is 0. The van der Waals surface area contributed by atoms with Crippen LogP contribution in [-0.2, 0) is 12.2 Å². The van der Waals surface area contributed by atoms with Crippen LogP contribution in [0, 0.1) is 0 Å². The number of ether oxygens (including phenoxy) is 2. The summed E-state index contributed by atoms with van der Waals surface area (Å²) >= 11 is 5.86. The Balaban J connectivity index is 1.82. The number of aryl methyl sites for hydroxylation is 1. The van der Waals surface area contributed by atoms with Crippen molar-refractivity contribution in [3.05, 3.63) is 95.6 Å². The van der Waals surface area contributed by atoms with Crippen molar-refractivity contribution in [1.82, 2.24) is 0 Å². The average Bonchev–Trinajstić information content (AvgIpc) is 3.04. The minimum Gasteiger partial charge on any atom is -0.440 e. The maximum absolute atomic E-state index is 6.39. The molecular weight excluding hydrogens is 320 g/mol. The van der Waals surface area contributed by atoms with Crippen LogP contribution in [0.3, 0.4) is 0 Å². The molecule has 0 atom stereocenters. The highest BCUT2D eigenvalue weighted by Crippen LogP contribution is 2.47. The van der Waals surface area contributed by atoms with Crippen LogP contribution in [0.5, 0.6) is 11.5 Å². The summed E-state index contributed by atoms with van der Waals surface area (Å²) < 4.78 is 12.7. The van der Waals surface area contributed by atoms with Crippen LogP contribution in [0.2, 0.25) is 0 Å². The summed E-state index contributed by atoms with van der Waals surface area (Å²) in [5.74, 6) is 1.14. The summed E-state index contributed by atoms with van der Waals surface area (Å²) in [5.41, 5.74) is 3.07. The normalized spacial score (nSPS) is 14.5. The number of hydrogen-bond acceptors (Lipinski definition) is 2. The van der Waals surface area contributed by atoms with Crippen molar-refractivity contribution in [3.63, 3.8) is 0 Å². The molecule has 0 saturated heterocycles. The third-order valence-corrected chi connectivity index (χ3v) is 4.40. The summed E-state index contributed by atoms with van der Waals surface area (Å²) in [6, 6.07) is 26.1. The highest BCUT2D eigenvalue weighted by atomic mass is 35.5. The molecule has 0 N–H and O–H groups in total. The number of alkyl halides is 1. The highest BCUT2D eigenvalue weighted by molar-refractivity contribution is 6.17. The second-order valence-corrected chi connectivity index (χ2v) is 6.15. The van der Waals surface area contributed by atoms with Crippen LogP contribution in [0.25, 0.3) is 0 Å². The largest absolute Gasteiger partial charge is 0.440 e. The third-order valence-electron chi connectivity index (χ3n) is 4.21. The molecule has 3 aromatic carbocycles. The fraction of sp³-hybridized carbons (Fsp3) is 0.143. The van der Waals surface area contributed by atoms with E-state index < -0.39 is 5.79 Å². The molecule has 1 aliphatic rings. The quantitative estimate of drug-likeness (QED) is 0.614. The van der Waals surface area contributed by atoms with Crippen molar-refractivity contribution in [1.29, 1.82) is 0 Å². The zero-order valence-electron chi connectivity index (χ0n) is 13.1. The second-order valence-electron chi connectivity index (χ2n) is 5.77. The van der Waals surface area contributed by atoms with Crippen molar-refractivity contribution in [3.8, 4) is 11.5 Å². The molecule has 3 aromatic rings. The summed E-state index contributed by atoms with van der Waals surface area (Å²) in [7, 11) is 0. The molecule has 0 spiro atoms. The van der Waals surface area contributed by atoms with Gasteiger partial charge in [-0.3, -0.25) is 0 Å². The van der Waals surface area contributed by atoms with Crippen LogP contribution >= 0.6 is 11.6 Å². The molecule has 0 fully saturated rings. The van der Waals surface area contributed by atoms with E-state index in [1.807, 2.05) is 78.9 Å². The first kappa shape index (κ1) is 15.1. The molecule has 0 saturated carbocycles. The van der Waals surface area contributed by atoms with Gasteiger partial charge in [0.1, 0.15) is 0 Å². The van der Waals surface area contributed by atoms with E-state index in [1.165, 1.54) is 0 Å². The standard InChI is InChI=1S/C21H17ClO2/c22-14-13-16-11-12-19-20(15-16)24-21(23-19,17-7-3-1-4-8-17)18-9-5-2-6-10-18/h1-12,15H,13-14H2.